The van der Waals surface area contributed by atoms with Crippen molar-refractivity contribution in [3.8, 4) is 0 Å². The van der Waals surface area contributed by atoms with Crippen LogP contribution >= 0.6 is 0 Å². The van der Waals surface area contributed by atoms with Gasteiger partial charge in [0, 0.05) is 18.8 Å². The Balaban J connectivity index is 1.54. The van der Waals surface area contributed by atoms with E-state index in [0.29, 0.717) is 0 Å². The molecule has 0 bridgehead atoms. The molecule has 0 unspecified atom stereocenters. The highest BCUT2D eigenvalue weighted by Gasteiger charge is 2.19. The highest BCUT2D eigenvalue weighted by atomic mass is 19.1. The molecule has 1 heterocycles. The lowest BCUT2D eigenvalue weighted by Crippen LogP contribution is -2.17. The topological polar surface area (TPSA) is 17.0 Å². The maximum absolute atomic E-state index is 13.2. The number of unbranched alkanes of at least 4 members (excludes halogenated alkanes) is 1. The number of aryl methyl sites for hydroxylation is 1. The Morgan fingerprint density at radius 3 is 2.94 bits per heavy atom. The molecule has 3 rings (SSSR count). The van der Waals surface area contributed by atoms with Crippen molar-refractivity contribution < 1.29 is 4.39 Å². The first-order chi connectivity index (χ1) is 8.83. The van der Waals surface area contributed by atoms with Crippen molar-refractivity contribution >= 4 is 10.9 Å². The van der Waals surface area contributed by atoms with E-state index in [9.17, 15) is 4.39 Å². The fraction of sp³-hybridized carbons (Fsp3) is 0.467. The van der Waals surface area contributed by atoms with E-state index >= 15 is 0 Å². The van der Waals surface area contributed by atoms with Crippen molar-refractivity contribution in [2.45, 2.75) is 38.3 Å². The number of aromatic nitrogens is 1. The molecule has 0 amide bonds. The molecular formula is C15H19FN2. The molecule has 0 saturated heterocycles. The number of halogens is 1. The largest absolute Gasteiger partial charge is 0.347 e. The van der Waals surface area contributed by atoms with E-state index in [-0.39, 0.29) is 5.82 Å². The van der Waals surface area contributed by atoms with Crippen LogP contribution in [0.25, 0.3) is 10.9 Å². The second-order valence-electron chi connectivity index (χ2n) is 5.15. The van der Waals surface area contributed by atoms with Crippen molar-refractivity contribution in [3.05, 3.63) is 36.3 Å². The molecule has 1 aromatic carbocycles. The highest BCUT2D eigenvalue weighted by Crippen LogP contribution is 2.19. The fourth-order valence-electron chi connectivity index (χ4n) is 2.35. The van der Waals surface area contributed by atoms with Crippen LogP contribution < -0.4 is 5.32 Å². The summed E-state index contributed by atoms with van der Waals surface area (Å²) in [4.78, 5) is 0. The van der Waals surface area contributed by atoms with Crippen molar-refractivity contribution in [2.24, 2.45) is 0 Å². The van der Waals surface area contributed by atoms with Crippen molar-refractivity contribution in [2.75, 3.05) is 6.54 Å². The summed E-state index contributed by atoms with van der Waals surface area (Å²) < 4.78 is 15.4. The Morgan fingerprint density at radius 2 is 2.11 bits per heavy atom. The van der Waals surface area contributed by atoms with Crippen LogP contribution in [0, 0.1) is 5.82 Å². The molecule has 0 atom stereocenters. The maximum atomic E-state index is 13.2. The highest BCUT2D eigenvalue weighted by molar-refractivity contribution is 5.80. The number of nitrogens with zero attached hydrogens (tertiary/aromatic N) is 1. The third-order valence-electron chi connectivity index (χ3n) is 3.57. The Labute approximate surface area is 107 Å². The molecule has 1 N–H and O–H groups in total. The van der Waals surface area contributed by atoms with Gasteiger partial charge in [0.25, 0.3) is 0 Å². The van der Waals surface area contributed by atoms with Gasteiger partial charge in [-0.15, -0.1) is 0 Å². The van der Waals surface area contributed by atoms with Crippen LogP contribution in [0.1, 0.15) is 25.7 Å². The minimum atomic E-state index is -0.155. The summed E-state index contributed by atoms with van der Waals surface area (Å²) >= 11 is 0. The van der Waals surface area contributed by atoms with Crippen LogP contribution in [0.3, 0.4) is 0 Å². The van der Waals surface area contributed by atoms with Crippen LogP contribution in [0.15, 0.2) is 30.5 Å². The first-order valence-electron chi connectivity index (χ1n) is 6.81. The van der Waals surface area contributed by atoms with Gasteiger partial charge in [-0.2, -0.15) is 0 Å². The van der Waals surface area contributed by atoms with Crippen LogP contribution in [-0.4, -0.2) is 17.2 Å². The first kappa shape index (κ1) is 11.7. The summed E-state index contributed by atoms with van der Waals surface area (Å²) in [6.45, 7) is 2.08. The Morgan fingerprint density at radius 1 is 1.22 bits per heavy atom. The lowest BCUT2D eigenvalue weighted by Gasteiger charge is -2.06. The van der Waals surface area contributed by atoms with Crippen LogP contribution in [0.5, 0.6) is 0 Å². The van der Waals surface area contributed by atoms with E-state index in [1.807, 2.05) is 6.07 Å². The van der Waals surface area contributed by atoms with Gasteiger partial charge in [0.2, 0.25) is 0 Å². The second-order valence-corrected chi connectivity index (χ2v) is 5.15. The zero-order valence-corrected chi connectivity index (χ0v) is 10.5. The van der Waals surface area contributed by atoms with Gasteiger partial charge < -0.3 is 9.88 Å². The van der Waals surface area contributed by atoms with Crippen LogP contribution in [0.4, 0.5) is 4.39 Å². The quantitative estimate of drug-likeness (QED) is 0.774. The predicted octanol–water partition coefficient (Wildman–Crippen LogP) is 3.31. The van der Waals surface area contributed by atoms with Gasteiger partial charge in [0.05, 0.1) is 5.52 Å². The molecule has 96 valence electrons. The summed E-state index contributed by atoms with van der Waals surface area (Å²) in [5.74, 6) is -0.155. The third kappa shape index (κ3) is 2.72. The number of benzene rings is 1. The number of hydrogen-bond acceptors (Lipinski definition) is 1. The van der Waals surface area contributed by atoms with E-state index in [4.69, 9.17) is 0 Å². The van der Waals surface area contributed by atoms with Gasteiger partial charge in [-0.1, -0.05) is 0 Å². The van der Waals surface area contributed by atoms with Gasteiger partial charge in [-0.3, -0.25) is 0 Å². The minimum absolute atomic E-state index is 0.155. The normalized spacial score (nSPS) is 15.4. The molecule has 1 saturated carbocycles. The molecular weight excluding hydrogens is 227 g/mol. The summed E-state index contributed by atoms with van der Waals surface area (Å²) in [6.07, 6.45) is 7.08. The average molecular weight is 246 g/mol. The summed E-state index contributed by atoms with van der Waals surface area (Å²) in [5, 5.41) is 4.63. The average Bonchev–Trinajstić information content (AvgIpc) is 3.11. The Hall–Kier alpha value is -1.35. The van der Waals surface area contributed by atoms with Gasteiger partial charge in [-0.05, 0) is 61.9 Å². The van der Waals surface area contributed by atoms with Gasteiger partial charge in [0.15, 0.2) is 0 Å². The Bertz CT molecular complexity index is 528. The summed E-state index contributed by atoms with van der Waals surface area (Å²) in [5.41, 5.74) is 1.00. The molecule has 0 aliphatic heterocycles. The van der Waals surface area contributed by atoms with Gasteiger partial charge in [0.1, 0.15) is 5.82 Å². The van der Waals surface area contributed by atoms with E-state index in [0.717, 1.165) is 36.5 Å². The van der Waals surface area contributed by atoms with Crippen LogP contribution in [-0.2, 0) is 6.54 Å². The Kier molecular flexibility index (Phi) is 3.33. The molecule has 2 nitrogen and oxygen atoms in total. The number of rotatable bonds is 6. The minimum Gasteiger partial charge on any atom is -0.347 e. The standard InChI is InChI=1S/C15H19FN2/c16-13-4-3-12-7-10-18(15(12)11-13)9-2-1-8-17-14-5-6-14/h3-4,7,10-11,14,17H,1-2,5-6,8-9H2. The third-order valence-corrected chi connectivity index (χ3v) is 3.57. The smallest absolute Gasteiger partial charge is 0.125 e. The number of hydrogen-bond donors (Lipinski definition) is 1. The van der Waals surface area contributed by atoms with E-state index in [2.05, 4.69) is 22.1 Å². The molecule has 18 heavy (non-hydrogen) atoms. The molecule has 1 fully saturated rings. The molecule has 0 radical (unpaired) electrons. The first-order valence-corrected chi connectivity index (χ1v) is 6.81. The molecule has 2 aromatic rings. The van der Waals surface area contributed by atoms with Crippen LogP contribution in [0.2, 0.25) is 0 Å². The summed E-state index contributed by atoms with van der Waals surface area (Å²) in [6, 6.07) is 7.84. The monoisotopic (exact) mass is 246 g/mol. The zero-order chi connectivity index (χ0) is 12.4. The van der Waals surface area contributed by atoms with E-state index in [1.54, 1.807) is 6.07 Å². The van der Waals surface area contributed by atoms with Crippen molar-refractivity contribution in [1.29, 1.82) is 0 Å². The lowest BCUT2D eigenvalue weighted by atomic mass is 10.2. The fourth-order valence-corrected chi connectivity index (χ4v) is 2.35. The molecule has 1 aromatic heterocycles. The van der Waals surface area contributed by atoms with Crippen molar-refractivity contribution in [3.63, 3.8) is 0 Å². The predicted molar refractivity (Wildman–Crippen MR) is 72.2 cm³/mol. The van der Waals surface area contributed by atoms with E-state index in [1.165, 1.54) is 25.3 Å². The molecule has 1 aliphatic carbocycles. The second kappa shape index (κ2) is 5.11. The number of fused-ring (bicyclic) bond motifs is 1. The molecule has 3 heteroatoms. The lowest BCUT2D eigenvalue weighted by molar-refractivity contribution is 0.574. The molecule has 1 aliphatic rings. The summed E-state index contributed by atoms with van der Waals surface area (Å²) in [7, 11) is 0. The zero-order valence-electron chi connectivity index (χ0n) is 10.5. The molecule has 0 spiro atoms. The number of nitrogens with one attached hydrogen (secondary N) is 1. The SMILES string of the molecule is Fc1ccc2ccn(CCCCNC3CC3)c2c1. The van der Waals surface area contributed by atoms with Crippen molar-refractivity contribution in [1.82, 2.24) is 9.88 Å². The van der Waals surface area contributed by atoms with Gasteiger partial charge >= 0.3 is 0 Å². The maximum Gasteiger partial charge on any atom is 0.125 e. The van der Waals surface area contributed by atoms with E-state index < -0.39 is 0 Å². The van der Waals surface area contributed by atoms with Gasteiger partial charge in [-0.25, -0.2) is 4.39 Å².